The Labute approximate surface area is 132 Å². The number of alkyl halides is 2. The molecular formula is C11H7Cl2N3O6. The van der Waals surface area contributed by atoms with Crippen LogP contribution < -0.4 is 14.7 Å². The van der Waals surface area contributed by atoms with E-state index in [0.29, 0.717) is 0 Å². The summed E-state index contributed by atoms with van der Waals surface area (Å²) in [7, 11) is 0. The molecule has 0 aliphatic carbocycles. The van der Waals surface area contributed by atoms with E-state index in [1.54, 1.807) is 0 Å². The van der Waals surface area contributed by atoms with Crippen LogP contribution in [0.25, 0.3) is 22.4 Å². The van der Waals surface area contributed by atoms with E-state index in [1.807, 2.05) is 0 Å². The first-order valence-corrected chi connectivity index (χ1v) is 6.90. The third-order valence-electron chi connectivity index (χ3n) is 3.10. The lowest BCUT2D eigenvalue weighted by molar-refractivity contribution is -0.798. The molecule has 11 heteroatoms. The topological polar surface area (TPSA) is 120 Å². The van der Waals surface area contributed by atoms with Gasteiger partial charge in [0.25, 0.3) is 17.1 Å². The Balaban J connectivity index is 2.24. The van der Waals surface area contributed by atoms with Crippen LogP contribution in [0.4, 0.5) is 0 Å². The molecule has 0 amide bonds. The van der Waals surface area contributed by atoms with Gasteiger partial charge in [-0.1, -0.05) is 0 Å². The van der Waals surface area contributed by atoms with Crippen LogP contribution in [0.15, 0.2) is 32.4 Å². The molecule has 3 rings (SSSR count). The summed E-state index contributed by atoms with van der Waals surface area (Å²) in [5.41, 5.74) is 0.703. The molecule has 116 valence electrons. The lowest BCUT2D eigenvalue weighted by atomic mass is 10.0. The molecule has 0 N–H and O–H groups in total. The van der Waals surface area contributed by atoms with Crippen molar-refractivity contribution in [2.24, 2.45) is 0 Å². The van der Waals surface area contributed by atoms with Gasteiger partial charge in [0.1, 0.15) is 17.3 Å². The summed E-state index contributed by atoms with van der Waals surface area (Å²) in [5, 5.41) is 34.9. The van der Waals surface area contributed by atoms with Crippen molar-refractivity contribution >= 4 is 23.2 Å². The molecule has 0 aliphatic heterocycles. The molecule has 3 heterocycles. The van der Waals surface area contributed by atoms with Gasteiger partial charge in [-0.3, -0.25) is 15.6 Å². The number of hydrogen-bond donors (Lipinski definition) is 0. The highest BCUT2D eigenvalue weighted by molar-refractivity contribution is 6.17. The van der Waals surface area contributed by atoms with Gasteiger partial charge >= 0.3 is 0 Å². The highest BCUT2D eigenvalue weighted by Crippen LogP contribution is 2.33. The molecule has 0 radical (unpaired) electrons. The van der Waals surface area contributed by atoms with E-state index in [0.717, 1.165) is 18.8 Å². The van der Waals surface area contributed by atoms with E-state index in [9.17, 15) is 15.6 Å². The SMILES string of the molecule is [O-][n+]1occ(-c2co[n+]([O-])c2-c2co[n+]([O-])c2CCl)c1CCl. The van der Waals surface area contributed by atoms with Gasteiger partial charge < -0.3 is 13.6 Å². The van der Waals surface area contributed by atoms with Crippen LogP contribution >= 0.6 is 23.2 Å². The molecule has 9 nitrogen and oxygen atoms in total. The molecule has 0 aliphatic rings. The minimum atomic E-state index is -0.185. The average molecular weight is 348 g/mol. The van der Waals surface area contributed by atoms with Crippen molar-refractivity contribution in [1.82, 2.24) is 0 Å². The first-order chi connectivity index (χ1) is 10.6. The Hall–Kier alpha value is -2.39. The number of halogens is 2. The van der Waals surface area contributed by atoms with Crippen LogP contribution in [0.1, 0.15) is 11.4 Å². The van der Waals surface area contributed by atoms with Gasteiger partial charge in [-0.2, -0.15) is 0 Å². The average Bonchev–Trinajstić information content (AvgIpc) is 3.15. The molecule has 3 aromatic heterocycles. The molecule has 22 heavy (non-hydrogen) atoms. The van der Waals surface area contributed by atoms with Crippen LogP contribution in [0.2, 0.25) is 0 Å². The fourth-order valence-electron chi connectivity index (χ4n) is 2.06. The van der Waals surface area contributed by atoms with Crippen molar-refractivity contribution in [2.75, 3.05) is 0 Å². The van der Waals surface area contributed by atoms with E-state index in [4.69, 9.17) is 32.2 Å². The number of nitrogens with zero attached hydrogens (tertiary/aromatic N) is 3. The first-order valence-electron chi connectivity index (χ1n) is 5.83. The Morgan fingerprint density at radius 2 is 1.18 bits per heavy atom. The maximum atomic E-state index is 11.9. The summed E-state index contributed by atoms with van der Waals surface area (Å²) in [5.74, 6) is -0.330. The van der Waals surface area contributed by atoms with Gasteiger partial charge in [0.05, 0.1) is 34.8 Å². The minimum absolute atomic E-state index is 0.0276. The third-order valence-corrected chi connectivity index (χ3v) is 3.60. The van der Waals surface area contributed by atoms with Gasteiger partial charge in [0, 0.05) is 9.81 Å². The molecule has 0 saturated carbocycles. The van der Waals surface area contributed by atoms with Crippen LogP contribution in [0.3, 0.4) is 0 Å². The molecule has 3 aromatic rings. The highest BCUT2D eigenvalue weighted by atomic mass is 35.5. The van der Waals surface area contributed by atoms with Gasteiger partial charge in [-0.05, 0) is 0 Å². The van der Waals surface area contributed by atoms with Crippen LogP contribution in [-0.2, 0) is 11.8 Å². The fraction of sp³-hybridized carbons (Fsp3) is 0.182. The Kier molecular flexibility index (Phi) is 3.59. The van der Waals surface area contributed by atoms with E-state index in [-0.39, 0.29) is 60.2 Å². The molecule has 0 saturated heterocycles. The summed E-state index contributed by atoms with van der Waals surface area (Å²) in [4.78, 5) is 0.584. The molecule has 0 spiro atoms. The number of rotatable bonds is 4. The first kappa shape index (κ1) is 14.5. The lowest BCUT2D eigenvalue weighted by Crippen LogP contribution is -2.30. The molecular weight excluding hydrogens is 341 g/mol. The third kappa shape index (κ3) is 2.06. The van der Waals surface area contributed by atoms with Crippen molar-refractivity contribution in [2.45, 2.75) is 11.8 Å². The molecule has 0 fully saturated rings. The second-order valence-corrected chi connectivity index (χ2v) is 4.73. The summed E-state index contributed by atoms with van der Waals surface area (Å²) in [6, 6.07) is 0. The van der Waals surface area contributed by atoms with E-state index < -0.39 is 0 Å². The van der Waals surface area contributed by atoms with Crippen molar-refractivity contribution in [1.29, 1.82) is 0 Å². The van der Waals surface area contributed by atoms with Crippen LogP contribution in [0, 0.1) is 15.6 Å². The van der Waals surface area contributed by atoms with Crippen molar-refractivity contribution in [3.63, 3.8) is 0 Å². The molecule has 0 aromatic carbocycles. The summed E-state index contributed by atoms with van der Waals surface area (Å²) >= 11 is 11.4. The second kappa shape index (κ2) is 5.43. The lowest BCUT2D eigenvalue weighted by Gasteiger charge is -1.95. The Morgan fingerprint density at radius 1 is 0.727 bits per heavy atom. The van der Waals surface area contributed by atoms with Crippen molar-refractivity contribution < 1.29 is 28.3 Å². The van der Waals surface area contributed by atoms with E-state index >= 15 is 0 Å². The largest absolute Gasteiger partial charge is 0.374 e. The predicted molar refractivity (Wildman–Crippen MR) is 70.1 cm³/mol. The predicted octanol–water partition coefficient (Wildman–Crippen LogP) is 1.18. The summed E-state index contributed by atoms with van der Waals surface area (Å²) in [6.45, 7) is 0. The molecule has 0 atom stereocenters. The summed E-state index contributed by atoms with van der Waals surface area (Å²) in [6.07, 6.45) is 3.31. The smallest absolute Gasteiger partial charge is 0.291 e. The zero-order valence-electron chi connectivity index (χ0n) is 10.7. The van der Waals surface area contributed by atoms with E-state index in [1.165, 1.54) is 0 Å². The quantitative estimate of drug-likeness (QED) is 0.516. The van der Waals surface area contributed by atoms with Crippen molar-refractivity contribution in [3.05, 3.63) is 45.8 Å². The fourth-order valence-corrected chi connectivity index (χ4v) is 2.54. The minimum Gasteiger partial charge on any atom is -0.374 e. The van der Waals surface area contributed by atoms with Crippen molar-refractivity contribution in [3.8, 4) is 22.4 Å². The summed E-state index contributed by atoms with van der Waals surface area (Å²) < 4.78 is 14.2. The maximum Gasteiger partial charge on any atom is 0.291 e. The van der Waals surface area contributed by atoms with Gasteiger partial charge in [0.15, 0.2) is 0 Å². The Morgan fingerprint density at radius 3 is 1.77 bits per heavy atom. The number of hydrogen-bond acceptors (Lipinski definition) is 6. The van der Waals surface area contributed by atoms with Crippen LogP contribution in [0.5, 0.6) is 0 Å². The van der Waals surface area contributed by atoms with Gasteiger partial charge in [-0.25, -0.2) is 0 Å². The zero-order chi connectivity index (χ0) is 15.9. The molecule has 0 unspecified atom stereocenters. The normalized spacial score (nSPS) is 11.2. The Bertz CT molecular complexity index is 824. The van der Waals surface area contributed by atoms with Gasteiger partial charge in [-0.15, -0.1) is 23.2 Å². The highest BCUT2D eigenvalue weighted by Gasteiger charge is 2.33. The number of aromatic nitrogens is 3. The van der Waals surface area contributed by atoms with Crippen LogP contribution in [-0.4, -0.2) is 0 Å². The second-order valence-electron chi connectivity index (χ2n) is 4.19. The monoisotopic (exact) mass is 347 g/mol. The van der Waals surface area contributed by atoms with E-state index in [2.05, 4.69) is 4.52 Å². The molecule has 0 bridgehead atoms. The standard InChI is InChI=1S/C11H7Cl2N3O6/c12-1-9-6(3-20-14(9)17)7-4-22-16(19)11(7)8-5-21-15(18)10(8)2-13/h3-5H,1-2H2. The van der Waals surface area contributed by atoms with Gasteiger partial charge in [0.2, 0.25) is 0 Å². The zero-order valence-corrected chi connectivity index (χ0v) is 12.2. The maximum absolute atomic E-state index is 11.9.